The van der Waals surface area contributed by atoms with Gasteiger partial charge in [-0.3, -0.25) is 9.59 Å². The van der Waals surface area contributed by atoms with E-state index in [1.807, 2.05) is 40.7 Å². The quantitative estimate of drug-likeness (QED) is 0.375. The highest BCUT2D eigenvalue weighted by molar-refractivity contribution is 6.42. The van der Waals surface area contributed by atoms with E-state index in [4.69, 9.17) is 37.8 Å². The molecule has 2 aromatic carbocycles. The second-order valence-corrected chi connectivity index (χ2v) is 10.6. The molecule has 1 aromatic heterocycles. The molecule has 198 valence electrons. The molecule has 8 nitrogen and oxygen atoms in total. The number of carbonyl (C=O) groups excluding carboxylic acids is 2. The highest BCUT2D eigenvalue weighted by atomic mass is 35.5. The maximum Gasteiger partial charge on any atom is 0.258 e. The van der Waals surface area contributed by atoms with Gasteiger partial charge in [-0.1, -0.05) is 44.0 Å². The van der Waals surface area contributed by atoms with Gasteiger partial charge in [0.25, 0.3) is 5.91 Å². The summed E-state index contributed by atoms with van der Waals surface area (Å²) in [5.74, 6) is 0.663. The molecule has 0 radical (unpaired) electrons. The minimum absolute atomic E-state index is 0.177. The number of nitrogens with one attached hydrogen (secondary N) is 1. The van der Waals surface area contributed by atoms with Crippen molar-refractivity contribution in [3.05, 3.63) is 63.8 Å². The number of amides is 2. The summed E-state index contributed by atoms with van der Waals surface area (Å²) < 4.78 is 12.2. The number of rotatable bonds is 8. The Kier molecular flexibility index (Phi) is 8.76. The first-order valence-electron chi connectivity index (χ1n) is 11.7. The number of hydrogen-bond acceptors (Lipinski definition) is 5. The largest absolute Gasteiger partial charge is 0.497 e. The van der Waals surface area contributed by atoms with Crippen LogP contribution in [0.1, 0.15) is 50.7 Å². The third-order valence-electron chi connectivity index (χ3n) is 5.73. The van der Waals surface area contributed by atoms with Gasteiger partial charge < -0.3 is 19.7 Å². The Labute approximate surface area is 227 Å². The zero-order chi connectivity index (χ0) is 27.5. The van der Waals surface area contributed by atoms with Crippen LogP contribution in [-0.2, 0) is 10.2 Å². The van der Waals surface area contributed by atoms with Gasteiger partial charge in [0.2, 0.25) is 5.91 Å². The molecular formula is C27H32Cl2N4O4. The molecule has 3 rings (SSSR count). The fraction of sp³-hybridized carbons (Fsp3) is 0.370. The molecule has 0 unspecified atom stereocenters. The monoisotopic (exact) mass is 546 g/mol. The fourth-order valence-electron chi connectivity index (χ4n) is 3.61. The predicted molar refractivity (Wildman–Crippen MR) is 147 cm³/mol. The standard InChI is InChI=1S/C27H32Cl2N4O4/c1-16(2)32(26(35)19-10-9-18(36-6)13-22(19)37-7)15-25(34)30-24-14-23(27(3,4)5)31-33(24)17-8-11-20(28)21(29)12-17/h8-14,16H,15H2,1-7H3,(H,30,34). The normalized spacial score (nSPS) is 11.4. The van der Waals surface area contributed by atoms with E-state index in [1.165, 1.54) is 19.1 Å². The lowest BCUT2D eigenvalue weighted by Crippen LogP contribution is -2.42. The molecule has 10 heteroatoms. The molecule has 0 saturated heterocycles. The number of benzene rings is 2. The van der Waals surface area contributed by atoms with Crippen molar-refractivity contribution in [2.24, 2.45) is 0 Å². The average Bonchev–Trinajstić information content (AvgIpc) is 3.27. The zero-order valence-electron chi connectivity index (χ0n) is 22.1. The first-order valence-corrected chi connectivity index (χ1v) is 12.5. The Bertz CT molecular complexity index is 1300. The third-order valence-corrected chi connectivity index (χ3v) is 6.47. The summed E-state index contributed by atoms with van der Waals surface area (Å²) in [6.45, 7) is 9.60. The van der Waals surface area contributed by atoms with Gasteiger partial charge in [0.15, 0.2) is 0 Å². The van der Waals surface area contributed by atoms with Crippen LogP contribution < -0.4 is 14.8 Å². The van der Waals surface area contributed by atoms with Crippen molar-refractivity contribution in [2.45, 2.75) is 46.1 Å². The van der Waals surface area contributed by atoms with Crippen LogP contribution in [-0.4, -0.2) is 53.3 Å². The summed E-state index contributed by atoms with van der Waals surface area (Å²) >= 11 is 12.3. The average molecular weight is 547 g/mol. The van der Waals surface area contributed by atoms with Crippen LogP contribution in [0.15, 0.2) is 42.5 Å². The molecule has 0 bridgehead atoms. The van der Waals surface area contributed by atoms with Gasteiger partial charge in [-0.25, -0.2) is 4.68 Å². The van der Waals surface area contributed by atoms with E-state index >= 15 is 0 Å². The van der Waals surface area contributed by atoms with Crippen molar-refractivity contribution < 1.29 is 19.1 Å². The lowest BCUT2D eigenvalue weighted by atomic mass is 9.92. The van der Waals surface area contributed by atoms with E-state index in [9.17, 15) is 9.59 Å². The number of methoxy groups -OCH3 is 2. The van der Waals surface area contributed by atoms with Crippen LogP contribution in [0.25, 0.3) is 5.69 Å². The molecule has 2 amide bonds. The van der Waals surface area contributed by atoms with Crippen LogP contribution >= 0.6 is 23.2 Å². The lowest BCUT2D eigenvalue weighted by Gasteiger charge is -2.27. The summed E-state index contributed by atoms with van der Waals surface area (Å²) in [7, 11) is 3.02. The van der Waals surface area contributed by atoms with Crippen LogP contribution in [0.5, 0.6) is 11.5 Å². The number of anilines is 1. The third kappa shape index (κ3) is 6.56. The van der Waals surface area contributed by atoms with Crippen molar-refractivity contribution in [3.8, 4) is 17.2 Å². The Morgan fingerprint density at radius 1 is 1.03 bits per heavy atom. The minimum atomic E-state index is -0.379. The number of ether oxygens (including phenoxy) is 2. The van der Waals surface area contributed by atoms with Crippen LogP contribution in [0, 0.1) is 0 Å². The molecule has 1 heterocycles. The molecule has 0 aliphatic heterocycles. The molecule has 3 aromatic rings. The SMILES string of the molecule is COc1ccc(C(=O)N(CC(=O)Nc2cc(C(C)(C)C)nn2-c2ccc(Cl)c(Cl)c2)C(C)C)c(OC)c1. The van der Waals surface area contributed by atoms with Crippen LogP contribution in [0.4, 0.5) is 5.82 Å². The molecular weight excluding hydrogens is 515 g/mol. The van der Waals surface area contributed by atoms with Gasteiger partial charge in [0.05, 0.1) is 41.2 Å². The second-order valence-electron chi connectivity index (χ2n) is 9.82. The maximum atomic E-state index is 13.4. The number of carbonyl (C=O) groups is 2. The number of hydrogen-bond donors (Lipinski definition) is 1. The van der Waals surface area contributed by atoms with Crippen molar-refractivity contribution >= 4 is 40.8 Å². The van der Waals surface area contributed by atoms with E-state index in [0.29, 0.717) is 38.6 Å². The maximum absolute atomic E-state index is 13.4. The molecule has 0 saturated carbocycles. The smallest absolute Gasteiger partial charge is 0.258 e. The van der Waals surface area contributed by atoms with Crippen molar-refractivity contribution in [1.82, 2.24) is 14.7 Å². The summed E-state index contributed by atoms with van der Waals surface area (Å²) in [5, 5.41) is 8.40. The van der Waals surface area contributed by atoms with Gasteiger partial charge in [-0.2, -0.15) is 5.10 Å². The summed E-state index contributed by atoms with van der Waals surface area (Å²) in [4.78, 5) is 28.1. The Morgan fingerprint density at radius 3 is 2.30 bits per heavy atom. The molecule has 0 fully saturated rings. The Hall–Kier alpha value is -3.23. The first-order chi connectivity index (χ1) is 17.3. The van der Waals surface area contributed by atoms with E-state index in [0.717, 1.165) is 5.69 Å². The van der Waals surface area contributed by atoms with E-state index in [-0.39, 0.29) is 29.8 Å². The minimum Gasteiger partial charge on any atom is -0.497 e. The predicted octanol–water partition coefficient (Wildman–Crippen LogP) is 5.98. The molecule has 0 aliphatic rings. The topological polar surface area (TPSA) is 85.7 Å². The Morgan fingerprint density at radius 2 is 1.73 bits per heavy atom. The van der Waals surface area contributed by atoms with Crippen LogP contribution in [0.2, 0.25) is 10.0 Å². The number of nitrogens with zero attached hydrogens (tertiary/aromatic N) is 3. The highest BCUT2D eigenvalue weighted by Crippen LogP contribution is 2.30. The van der Waals surface area contributed by atoms with Gasteiger partial charge in [0, 0.05) is 23.6 Å². The zero-order valence-corrected chi connectivity index (χ0v) is 23.6. The van der Waals surface area contributed by atoms with Gasteiger partial charge in [0.1, 0.15) is 23.9 Å². The summed E-state index contributed by atoms with van der Waals surface area (Å²) in [6, 6.07) is 11.6. The number of halogens is 2. The van der Waals surface area contributed by atoms with Crippen molar-refractivity contribution in [3.63, 3.8) is 0 Å². The van der Waals surface area contributed by atoms with Gasteiger partial charge in [-0.15, -0.1) is 0 Å². The molecule has 37 heavy (non-hydrogen) atoms. The van der Waals surface area contributed by atoms with Crippen molar-refractivity contribution in [1.29, 1.82) is 0 Å². The van der Waals surface area contributed by atoms with Gasteiger partial charge in [-0.05, 0) is 44.2 Å². The molecule has 0 spiro atoms. The Balaban J connectivity index is 1.91. The van der Waals surface area contributed by atoms with E-state index < -0.39 is 0 Å². The summed E-state index contributed by atoms with van der Waals surface area (Å²) in [6.07, 6.45) is 0. The lowest BCUT2D eigenvalue weighted by molar-refractivity contribution is -0.117. The molecule has 0 aliphatic carbocycles. The first kappa shape index (κ1) is 28.3. The van der Waals surface area contributed by atoms with Gasteiger partial charge >= 0.3 is 0 Å². The fourth-order valence-corrected chi connectivity index (χ4v) is 3.90. The second kappa shape index (κ2) is 11.4. The molecule has 0 atom stereocenters. The number of aromatic nitrogens is 2. The highest BCUT2D eigenvalue weighted by Gasteiger charge is 2.26. The molecule has 1 N–H and O–H groups in total. The van der Waals surface area contributed by atoms with Crippen LogP contribution in [0.3, 0.4) is 0 Å². The van der Waals surface area contributed by atoms with E-state index in [1.54, 1.807) is 41.1 Å². The van der Waals surface area contributed by atoms with Crippen molar-refractivity contribution in [2.75, 3.05) is 26.1 Å². The van der Waals surface area contributed by atoms with E-state index in [2.05, 4.69) is 5.32 Å². The summed E-state index contributed by atoms with van der Waals surface area (Å²) in [5.41, 5.74) is 1.47.